The molecule has 1 aromatic carbocycles. The molecule has 1 N–H and O–H groups in total. The summed E-state index contributed by atoms with van der Waals surface area (Å²) in [6.45, 7) is 2.66. The first-order chi connectivity index (χ1) is 12.2. The van der Waals surface area contributed by atoms with Crippen LogP contribution in [-0.2, 0) is 6.54 Å². The Hall–Kier alpha value is -2.85. The Labute approximate surface area is 147 Å². The number of hydrogen-bond acceptors (Lipinski definition) is 7. The lowest BCUT2D eigenvalue weighted by atomic mass is 10.2. The number of anilines is 1. The molecule has 0 aliphatic carbocycles. The fourth-order valence-electron chi connectivity index (χ4n) is 3.03. The number of hydrogen-bond donors (Lipinski definition) is 1. The van der Waals surface area contributed by atoms with Gasteiger partial charge in [0.2, 0.25) is 0 Å². The van der Waals surface area contributed by atoms with E-state index in [1.807, 2.05) is 18.2 Å². The maximum Gasteiger partial charge on any atom is 0.182 e. The van der Waals surface area contributed by atoms with Crippen LogP contribution < -0.4 is 14.8 Å². The number of nitrogens with zero attached hydrogens (tertiary/aromatic N) is 4. The number of methoxy groups -OCH3 is 2. The molecule has 1 aromatic heterocycles. The Balaban J connectivity index is 1.63. The zero-order valence-electron chi connectivity index (χ0n) is 14.4. The van der Waals surface area contributed by atoms with E-state index in [0.29, 0.717) is 11.5 Å². The summed E-state index contributed by atoms with van der Waals surface area (Å²) in [5.41, 5.74) is 1.48. The third-order valence-electron chi connectivity index (χ3n) is 4.23. The summed E-state index contributed by atoms with van der Waals surface area (Å²) in [6, 6.07) is 8.24. The quantitative estimate of drug-likeness (QED) is 0.862. The van der Waals surface area contributed by atoms with Gasteiger partial charge in [0.25, 0.3) is 0 Å². The Bertz CT molecular complexity index is 752. The molecular formula is C18H21N5O2. The van der Waals surface area contributed by atoms with Crippen molar-refractivity contribution in [3.63, 3.8) is 0 Å². The lowest BCUT2D eigenvalue weighted by Gasteiger charge is -2.18. The summed E-state index contributed by atoms with van der Waals surface area (Å²) >= 11 is 0. The van der Waals surface area contributed by atoms with E-state index in [1.165, 1.54) is 6.20 Å². The largest absolute Gasteiger partial charge is 0.497 e. The van der Waals surface area contributed by atoms with Crippen LogP contribution in [0.1, 0.15) is 17.7 Å². The average Bonchev–Trinajstić information content (AvgIpc) is 3.08. The second kappa shape index (κ2) is 7.81. The van der Waals surface area contributed by atoms with Crippen LogP contribution in [0.2, 0.25) is 0 Å². The predicted octanol–water partition coefficient (Wildman–Crippen LogP) is 2.05. The average molecular weight is 339 g/mol. The van der Waals surface area contributed by atoms with Crippen molar-refractivity contribution in [2.24, 2.45) is 0 Å². The van der Waals surface area contributed by atoms with Gasteiger partial charge in [0.15, 0.2) is 11.5 Å². The van der Waals surface area contributed by atoms with Crippen molar-refractivity contribution in [2.75, 3.05) is 32.6 Å². The van der Waals surface area contributed by atoms with Gasteiger partial charge in [0, 0.05) is 44.1 Å². The monoisotopic (exact) mass is 339 g/mol. The van der Waals surface area contributed by atoms with E-state index in [-0.39, 0.29) is 6.04 Å². The molecule has 1 fully saturated rings. The molecule has 0 saturated carbocycles. The Morgan fingerprint density at radius 2 is 1.92 bits per heavy atom. The molecule has 3 rings (SSSR count). The first-order valence-corrected chi connectivity index (χ1v) is 8.13. The first-order valence-electron chi connectivity index (χ1n) is 8.13. The minimum absolute atomic E-state index is 0.247. The van der Waals surface area contributed by atoms with Gasteiger partial charge in [-0.3, -0.25) is 4.90 Å². The molecule has 1 aliphatic rings. The van der Waals surface area contributed by atoms with E-state index in [0.717, 1.165) is 43.1 Å². The molecular weight excluding hydrogens is 318 g/mol. The lowest BCUT2D eigenvalue weighted by molar-refractivity contribution is 0.326. The first kappa shape index (κ1) is 17.0. The molecule has 7 nitrogen and oxygen atoms in total. The van der Waals surface area contributed by atoms with Gasteiger partial charge in [-0.05, 0) is 24.1 Å². The zero-order valence-corrected chi connectivity index (χ0v) is 14.4. The summed E-state index contributed by atoms with van der Waals surface area (Å²) in [4.78, 5) is 10.6. The van der Waals surface area contributed by atoms with Crippen LogP contribution in [0, 0.1) is 11.3 Å². The number of benzene rings is 1. The van der Waals surface area contributed by atoms with Crippen molar-refractivity contribution in [3.8, 4) is 17.6 Å². The minimum atomic E-state index is 0.247. The van der Waals surface area contributed by atoms with Crippen molar-refractivity contribution in [2.45, 2.75) is 19.0 Å². The van der Waals surface area contributed by atoms with Crippen molar-refractivity contribution in [1.82, 2.24) is 14.9 Å². The summed E-state index contributed by atoms with van der Waals surface area (Å²) < 4.78 is 10.7. The number of aromatic nitrogens is 2. The number of rotatable bonds is 6. The second-order valence-electron chi connectivity index (χ2n) is 5.95. The van der Waals surface area contributed by atoms with Crippen LogP contribution in [0.4, 0.5) is 5.82 Å². The molecule has 7 heteroatoms. The molecule has 1 atom stereocenters. The SMILES string of the molecule is COc1cc(CN2CC[C@@H](Nc3nccnc3C#N)C2)cc(OC)c1. The van der Waals surface area contributed by atoms with Gasteiger partial charge < -0.3 is 14.8 Å². The van der Waals surface area contributed by atoms with Crippen molar-refractivity contribution >= 4 is 5.82 Å². The molecule has 1 aliphatic heterocycles. The van der Waals surface area contributed by atoms with Gasteiger partial charge in [-0.1, -0.05) is 0 Å². The van der Waals surface area contributed by atoms with Crippen LogP contribution in [0.3, 0.4) is 0 Å². The molecule has 0 amide bonds. The van der Waals surface area contributed by atoms with Crippen LogP contribution in [-0.4, -0.2) is 48.2 Å². The Morgan fingerprint density at radius 1 is 1.20 bits per heavy atom. The highest BCUT2D eigenvalue weighted by molar-refractivity contribution is 5.47. The van der Waals surface area contributed by atoms with E-state index < -0.39 is 0 Å². The molecule has 0 bridgehead atoms. The van der Waals surface area contributed by atoms with Crippen molar-refractivity contribution in [3.05, 3.63) is 41.9 Å². The van der Waals surface area contributed by atoms with Crippen molar-refractivity contribution in [1.29, 1.82) is 5.26 Å². The molecule has 1 saturated heterocycles. The van der Waals surface area contributed by atoms with Crippen LogP contribution in [0.15, 0.2) is 30.6 Å². The third-order valence-corrected chi connectivity index (χ3v) is 4.23. The predicted molar refractivity (Wildman–Crippen MR) is 93.6 cm³/mol. The van der Waals surface area contributed by atoms with Gasteiger partial charge in [0.05, 0.1) is 14.2 Å². The number of likely N-dealkylation sites (tertiary alicyclic amines) is 1. The van der Waals surface area contributed by atoms with Crippen molar-refractivity contribution < 1.29 is 9.47 Å². The highest BCUT2D eigenvalue weighted by Gasteiger charge is 2.24. The smallest absolute Gasteiger partial charge is 0.182 e. The highest BCUT2D eigenvalue weighted by atomic mass is 16.5. The number of ether oxygens (including phenoxy) is 2. The normalized spacial score (nSPS) is 17.1. The van der Waals surface area contributed by atoms with E-state index in [4.69, 9.17) is 14.7 Å². The topological polar surface area (TPSA) is 83.3 Å². The number of nitrogens with one attached hydrogen (secondary N) is 1. The maximum atomic E-state index is 9.11. The fourth-order valence-corrected chi connectivity index (χ4v) is 3.03. The molecule has 0 unspecified atom stereocenters. The van der Waals surface area contributed by atoms with Gasteiger partial charge >= 0.3 is 0 Å². The van der Waals surface area contributed by atoms with Gasteiger partial charge in [-0.25, -0.2) is 9.97 Å². The molecule has 2 heterocycles. The van der Waals surface area contributed by atoms with Gasteiger partial charge in [0.1, 0.15) is 17.6 Å². The fraction of sp³-hybridized carbons (Fsp3) is 0.389. The standard InChI is InChI=1S/C18H21N5O2/c1-24-15-7-13(8-16(9-15)25-2)11-23-6-3-14(12-23)22-18-17(10-19)20-4-5-21-18/h4-5,7-9,14H,3,6,11-12H2,1-2H3,(H,21,22)/t14-/m1/s1. The van der Waals surface area contributed by atoms with Crippen LogP contribution in [0.5, 0.6) is 11.5 Å². The van der Waals surface area contributed by atoms with Gasteiger partial charge in [-0.15, -0.1) is 0 Å². The Kier molecular flexibility index (Phi) is 5.31. The molecule has 2 aromatic rings. The van der Waals surface area contributed by atoms with E-state index in [2.05, 4.69) is 26.3 Å². The summed E-state index contributed by atoms with van der Waals surface area (Å²) in [5, 5.41) is 12.4. The molecule has 0 spiro atoms. The van der Waals surface area contributed by atoms with Crippen LogP contribution in [0.25, 0.3) is 0 Å². The Morgan fingerprint density at radius 3 is 2.60 bits per heavy atom. The summed E-state index contributed by atoms with van der Waals surface area (Å²) in [5.74, 6) is 2.14. The van der Waals surface area contributed by atoms with Gasteiger partial charge in [-0.2, -0.15) is 5.26 Å². The number of nitriles is 1. The maximum absolute atomic E-state index is 9.11. The molecule has 0 radical (unpaired) electrons. The second-order valence-corrected chi connectivity index (χ2v) is 5.95. The zero-order chi connectivity index (χ0) is 17.6. The third kappa shape index (κ3) is 4.17. The van der Waals surface area contributed by atoms with E-state index in [1.54, 1.807) is 20.4 Å². The van der Waals surface area contributed by atoms with E-state index >= 15 is 0 Å². The van der Waals surface area contributed by atoms with E-state index in [9.17, 15) is 0 Å². The lowest BCUT2D eigenvalue weighted by Crippen LogP contribution is -2.26. The highest BCUT2D eigenvalue weighted by Crippen LogP contribution is 2.25. The molecule has 130 valence electrons. The summed E-state index contributed by atoms with van der Waals surface area (Å²) in [7, 11) is 3.31. The minimum Gasteiger partial charge on any atom is -0.497 e. The van der Waals surface area contributed by atoms with Crippen LogP contribution >= 0.6 is 0 Å². The molecule has 25 heavy (non-hydrogen) atoms. The summed E-state index contributed by atoms with van der Waals surface area (Å²) in [6.07, 6.45) is 4.11.